The van der Waals surface area contributed by atoms with Crippen LogP contribution in [0.15, 0.2) is 12.2 Å². The molecule has 100 valence electrons. The Morgan fingerprint density at radius 2 is 1.65 bits per heavy atom. The molecular formula is C16H30O. The van der Waals surface area contributed by atoms with E-state index in [4.69, 9.17) is 4.74 Å². The van der Waals surface area contributed by atoms with Crippen molar-refractivity contribution >= 4 is 0 Å². The van der Waals surface area contributed by atoms with Gasteiger partial charge in [0.15, 0.2) is 0 Å². The van der Waals surface area contributed by atoms with E-state index in [-0.39, 0.29) is 5.60 Å². The van der Waals surface area contributed by atoms with Crippen molar-refractivity contribution < 1.29 is 4.74 Å². The predicted molar refractivity (Wildman–Crippen MR) is 75.3 cm³/mol. The number of hydrogen-bond acceptors (Lipinski definition) is 1. The van der Waals surface area contributed by atoms with Gasteiger partial charge in [-0.25, -0.2) is 0 Å². The minimum atomic E-state index is 0.152. The molecule has 1 saturated heterocycles. The van der Waals surface area contributed by atoms with Crippen LogP contribution in [-0.2, 0) is 4.74 Å². The number of hydrogen-bond donors (Lipinski definition) is 0. The molecule has 1 aliphatic heterocycles. The van der Waals surface area contributed by atoms with Crippen molar-refractivity contribution in [1.82, 2.24) is 0 Å². The van der Waals surface area contributed by atoms with Crippen molar-refractivity contribution in [3.8, 4) is 0 Å². The molecule has 1 heterocycles. The molecule has 0 aromatic rings. The van der Waals surface area contributed by atoms with Crippen LogP contribution in [0.4, 0.5) is 0 Å². The summed E-state index contributed by atoms with van der Waals surface area (Å²) in [5.74, 6) is 0. The summed E-state index contributed by atoms with van der Waals surface area (Å²) in [5.41, 5.74) is 1.56. The highest BCUT2D eigenvalue weighted by Gasteiger charge is 2.33. The third-order valence-corrected chi connectivity index (χ3v) is 3.91. The summed E-state index contributed by atoms with van der Waals surface area (Å²) in [6, 6.07) is 0. The molecule has 0 spiro atoms. The molecule has 1 nitrogen and oxygen atoms in total. The lowest BCUT2D eigenvalue weighted by Gasteiger charge is -2.39. The fourth-order valence-corrected chi connectivity index (χ4v) is 2.85. The van der Waals surface area contributed by atoms with Gasteiger partial charge in [0.25, 0.3) is 0 Å². The highest BCUT2D eigenvalue weighted by atomic mass is 16.5. The van der Waals surface area contributed by atoms with Crippen LogP contribution in [0, 0.1) is 0 Å². The zero-order chi connectivity index (χ0) is 12.6. The number of rotatable bonds is 8. The second kappa shape index (κ2) is 7.92. The minimum absolute atomic E-state index is 0.152. The van der Waals surface area contributed by atoms with E-state index >= 15 is 0 Å². The van der Waals surface area contributed by atoms with E-state index in [0.717, 1.165) is 19.4 Å². The zero-order valence-corrected chi connectivity index (χ0v) is 11.9. The maximum absolute atomic E-state index is 6.17. The maximum atomic E-state index is 6.17. The maximum Gasteiger partial charge on any atom is 0.0719 e. The molecule has 1 rings (SSSR count). The largest absolute Gasteiger partial charge is 0.374 e. The summed E-state index contributed by atoms with van der Waals surface area (Å²) >= 11 is 0. The Morgan fingerprint density at radius 1 is 1.06 bits per heavy atom. The van der Waals surface area contributed by atoms with Crippen LogP contribution in [0.5, 0.6) is 0 Å². The molecule has 0 saturated carbocycles. The highest BCUT2D eigenvalue weighted by Crippen LogP contribution is 2.36. The molecule has 0 radical (unpaired) electrons. The molecule has 0 unspecified atom stereocenters. The lowest BCUT2D eigenvalue weighted by Crippen LogP contribution is -2.37. The van der Waals surface area contributed by atoms with Gasteiger partial charge in [-0.3, -0.25) is 0 Å². The summed E-state index contributed by atoms with van der Waals surface area (Å²) in [5, 5.41) is 0. The summed E-state index contributed by atoms with van der Waals surface area (Å²) < 4.78 is 6.17. The molecule has 17 heavy (non-hydrogen) atoms. The molecule has 0 aromatic heterocycles. The van der Waals surface area contributed by atoms with Crippen molar-refractivity contribution in [2.24, 2.45) is 0 Å². The van der Waals surface area contributed by atoms with Crippen molar-refractivity contribution in [2.75, 3.05) is 6.61 Å². The Hall–Kier alpha value is -0.300. The average molecular weight is 238 g/mol. The monoisotopic (exact) mass is 238 g/mol. The van der Waals surface area contributed by atoms with Gasteiger partial charge in [-0.05, 0) is 25.7 Å². The van der Waals surface area contributed by atoms with Crippen LogP contribution in [-0.4, -0.2) is 12.2 Å². The standard InChI is InChI=1S/C16H30O/c1-4-6-8-11-16(12-9-7-5-2)14-15(3)10-13-17-16/h3-14H2,1-2H3. The van der Waals surface area contributed by atoms with E-state index in [1.165, 1.54) is 56.9 Å². The Morgan fingerprint density at radius 3 is 2.12 bits per heavy atom. The molecular weight excluding hydrogens is 208 g/mol. The van der Waals surface area contributed by atoms with Crippen LogP contribution in [0.2, 0.25) is 0 Å². The van der Waals surface area contributed by atoms with Crippen LogP contribution in [0.3, 0.4) is 0 Å². The van der Waals surface area contributed by atoms with Gasteiger partial charge in [0.2, 0.25) is 0 Å². The first-order chi connectivity index (χ1) is 8.22. The molecule has 1 fully saturated rings. The van der Waals surface area contributed by atoms with E-state index in [1.807, 2.05) is 0 Å². The third kappa shape index (κ3) is 5.25. The van der Waals surface area contributed by atoms with E-state index in [1.54, 1.807) is 0 Å². The first-order valence-corrected chi connectivity index (χ1v) is 7.53. The first kappa shape index (κ1) is 14.8. The van der Waals surface area contributed by atoms with Crippen LogP contribution in [0.25, 0.3) is 0 Å². The molecule has 0 aromatic carbocycles. The van der Waals surface area contributed by atoms with E-state index in [9.17, 15) is 0 Å². The predicted octanol–water partition coefficient (Wildman–Crippen LogP) is 5.25. The lowest BCUT2D eigenvalue weighted by molar-refractivity contribution is -0.0750. The average Bonchev–Trinajstić information content (AvgIpc) is 2.30. The summed E-state index contributed by atoms with van der Waals surface area (Å²) in [7, 11) is 0. The normalized spacial score (nSPS) is 19.5. The van der Waals surface area contributed by atoms with E-state index in [0.29, 0.717) is 0 Å². The van der Waals surface area contributed by atoms with Gasteiger partial charge in [-0.15, -0.1) is 0 Å². The SMILES string of the molecule is C=C1CCOC(CCCCC)(CCCCC)C1. The molecule has 0 amide bonds. The molecule has 0 aliphatic carbocycles. The van der Waals surface area contributed by atoms with Crippen molar-refractivity contribution in [2.45, 2.75) is 83.7 Å². The molecule has 1 heteroatoms. The van der Waals surface area contributed by atoms with Gasteiger partial charge in [0.05, 0.1) is 12.2 Å². The van der Waals surface area contributed by atoms with Gasteiger partial charge in [-0.1, -0.05) is 64.5 Å². The molecule has 0 atom stereocenters. The Kier molecular flexibility index (Phi) is 6.87. The van der Waals surface area contributed by atoms with Gasteiger partial charge < -0.3 is 4.74 Å². The summed E-state index contributed by atoms with van der Waals surface area (Å²) in [6.07, 6.45) is 12.6. The fourth-order valence-electron chi connectivity index (χ4n) is 2.85. The van der Waals surface area contributed by atoms with Crippen molar-refractivity contribution in [1.29, 1.82) is 0 Å². The molecule has 1 aliphatic rings. The lowest BCUT2D eigenvalue weighted by atomic mass is 9.82. The molecule has 0 bridgehead atoms. The van der Waals surface area contributed by atoms with Gasteiger partial charge >= 0.3 is 0 Å². The third-order valence-electron chi connectivity index (χ3n) is 3.91. The van der Waals surface area contributed by atoms with Gasteiger partial charge in [-0.2, -0.15) is 0 Å². The van der Waals surface area contributed by atoms with Crippen LogP contribution in [0.1, 0.15) is 78.1 Å². The fraction of sp³-hybridized carbons (Fsp3) is 0.875. The van der Waals surface area contributed by atoms with Gasteiger partial charge in [0, 0.05) is 0 Å². The van der Waals surface area contributed by atoms with Gasteiger partial charge in [0.1, 0.15) is 0 Å². The van der Waals surface area contributed by atoms with Crippen LogP contribution < -0.4 is 0 Å². The summed E-state index contributed by atoms with van der Waals surface area (Å²) in [6.45, 7) is 9.62. The van der Waals surface area contributed by atoms with Crippen molar-refractivity contribution in [3.05, 3.63) is 12.2 Å². The zero-order valence-electron chi connectivity index (χ0n) is 11.9. The van der Waals surface area contributed by atoms with Crippen LogP contribution >= 0.6 is 0 Å². The van der Waals surface area contributed by atoms with Crippen molar-refractivity contribution in [3.63, 3.8) is 0 Å². The smallest absolute Gasteiger partial charge is 0.0719 e. The number of ether oxygens (including phenoxy) is 1. The highest BCUT2D eigenvalue weighted by molar-refractivity contribution is 5.05. The minimum Gasteiger partial charge on any atom is -0.374 e. The number of unbranched alkanes of at least 4 members (excludes halogenated alkanes) is 4. The first-order valence-electron chi connectivity index (χ1n) is 7.53. The Balaban J connectivity index is 2.46. The topological polar surface area (TPSA) is 9.23 Å². The Labute approximate surface area is 108 Å². The summed E-state index contributed by atoms with van der Waals surface area (Å²) in [4.78, 5) is 0. The van der Waals surface area contributed by atoms with E-state index in [2.05, 4.69) is 20.4 Å². The second-order valence-electron chi connectivity index (χ2n) is 5.62. The second-order valence-corrected chi connectivity index (χ2v) is 5.62. The van der Waals surface area contributed by atoms with E-state index < -0.39 is 0 Å². The Bertz CT molecular complexity index is 210. The quantitative estimate of drug-likeness (QED) is 0.414. The molecule has 0 N–H and O–H groups in total.